The Labute approximate surface area is 284 Å². The van der Waals surface area contributed by atoms with Gasteiger partial charge in [0, 0.05) is 43.5 Å². The molecule has 0 bridgehead atoms. The van der Waals surface area contributed by atoms with Crippen LogP contribution in [0.1, 0.15) is 64.3 Å². The first-order chi connectivity index (χ1) is 23.4. The van der Waals surface area contributed by atoms with Crippen molar-refractivity contribution in [1.29, 1.82) is 0 Å². The van der Waals surface area contributed by atoms with Crippen LogP contribution >= 0.6 is 11.6 Å². The topological polar surface area (TPSA) is 150 Å². The number of hydrogen-bond acceptors (Lipinski definition) is 12. The average molecular weight is 679 g/mol. The van der Waals surface area contributed by atoms with Gasteiger partial charge >= 0.3 is 0 Å². The maximum atomic E-state index is 10.6. The third kappa shape index (κ3) is 7.88. The van der Waals surface area contributed by atoms with Gasteiger partial charge in [-0.1, -0.05) is 17.7 Å². The molecule has 3 fully saturated rings. The number of anilines is 2. The Hall–Kier alpha value is -3.85. The highest BCUT2D eigenvalue weighted by Crippen LogP contribution is 2.37. The first kappa shape index (κ1) is 32.7. The van der Waals surface area contributed by atoms with Gasteiger partial charge in [-0.3, -0.25) is 9.58 Å². The molecule has 0 spiro atoms. The Kier molecular flexibility index (Phi) is 10.0. The van der Waals surface area contributed by atoms with Gasteiger partial charge < -0.3 is 24.6 Å². The molecule has 15 heteroatoms. The van der Waals surface area contributed by atoms with Gasteiger partial charge in [-0.15, -0.1) is 10.2 Å². The van der Waals surface area contributed by atoms with E-state index in [1.165, 1.54) is 0 Å². The van der Waals surface area contributed by atoms with E-state index < -0.39 is 5.60 Å². The molecule has 4 heterocycles. The van der Waals surface area contributed by atoms with Crippen LogP contribution in [0.25, 0.3) is 11.1 Å². The molecule has 2 N–H and O–H groups in total. The Balaban J connectivity index is 1.02. The fourth-order valence-electron chi connectivity index (χ4n) is 6.77. The lowest BCUT2D eigenvalue weighted by molar-refractivity contribution is -0.0485. The summed E-state index contributed by atoms with van der Waals surface area (Å²) in [5.41, 5.74) is 1.77. The predicted molar refractivity (Wildman–Crippen MR) is 178 cm³/mol. The molecular weight excluding hydrogens is 636 g/mol. The van der Waals surface area contributed by atoms with Crippen molar-refractivity contribution in [3.05, 3.63) is 48.1 Å². The van der Waals surface area contributed by atoms with Gasteiger partial charge in [0.1, 0.15) is 23.9 Å². The largest absolute Gasteiger partial charge is 0.487 e. The minimum atomic E-state index is -0.619. The van der Waals surface area contributed by atoms with Crippen LogP contribution < -0.4 is 14.8 Å². The number of ether oxygens (including phenoxy) is 3. The first-order valence-electron chi connectivity index (χ1n) is 16.9. The summed E-state index contributed by atoms with van der Waals surface area (Å²) in [5.74, 6) is 1.48. The van der Waals surface area contributed by atoms with Crippen LogP contribution in [-0.2, 0) is 11.3 Å². The van der Waals surface area contributed by atoms with E-state index in [4.69, 9.17) is 30.9 Å². The number of rotatable bonds is 13. The van der Waals surface area contributed by atoms with Crippen molar-refractivity contribution in [1.82, 2.24) is 44.9 Å². The molecule has 1 saturated heterocycles. The van der Waals surface area contributed by atoms with Gasteiger partial charge in [0.2, 0.25) is 5.95 Å². The summed E-state index contributed by atoms with van der Waals surface area (Å²) in [6.07, 6.45) is 14.5. The zero-order valence-corrected chi connectivity index (χ0v) is 28.0. The van der Waals surface area contributed by atoms with Crippen molar-refractivity contribution in [3.63, 3.8) is 0 Å². The lowest BCUT2D eigenvalue weighted by Crippen LogP contribution is -2.45. The highest BCUT2D eigenvalue weighted by Gasteiger charge is 2.34. The number of morpholine rings is 1. The summed E-state index contributed by atoms with van der Waals surface area (Å²) in [6.45, 7) is 6.49. The fraction of sp³-hybridized carbons (Fsp3) is 0.576. The van der Waals surface area contributed by atoms with Gasteiger partial charge in [0.05, 0.1) is 49.2 Å². The minimum absolute atomic E-state index is 0.210. The summed E-state index contributed by atoms with van der Waals surface area (Å²) in [4.78, 5) is 11.8. The smallest absolute Gasteiger partial charge is 0.256 e. The quantitative estimate of drug-likeness (QED) is 0.202. The zero-order valence-electron chi connectivity index (χ0n) is 27.2. The van der Waals surface area contributed by atoms with Crippen LogP contribution in [-0.4, -0.2) is 101 Å². The number of nitrogens with zero attached hydrogens (tertiary/aromatic N) is 9. The molecule has 4 aromatic rings. The molecule has 256 valence electrons. The van der Waals surface area contributed by atoms with Crippen molar-refractivity contribution in [2.45, 2.75) is 88.6 Å². The molecule has 2 saturated carbocycles. The van der Waals surface area contributed by atoms with Crippen molar-refractivity contribution in [2.24, 2.45) is 0 Å². The molecule has 0 amide bonds. The molecule has 1 atom stereocenters. The second-order valence-corrected chi connectivity index (χ2v) is 13.5. The Morgan fingerprint density at radius 1 is 1.08 bits per heavy atom. The first-order valence-corrected chi connectivity index (χ1v) is 17.3. The van der Waals surface area contributed by atoms with Crippen LogP contribution in [0.15, 0.2) is 43.1 Å². The van der Waals surface area contributed by atoms with Crippen molar-refractivity contribution in [2.75, 3.05) is 38.2 Å². The minimum Gasteiger partial charge on any atom is -0.487 e. The Morgan fingerprint density at radius 3 is 2.56 bits per heavy atom. The third-order valence-electron chi connectivity index (χ3n) is 9.72. The summed E-state index contributed by atoms with van der Waals surface area (Å²) < 4.78 is 21.5. The lowest BCUT2D eigenvalue weighted by Gasteiger charge is -2.38. The number of benzene rings is 1. The van der Waals surface area contributed by atoms with E-state index in [1.807, 2.05) is 29.9 Å². The highest BCUT2D eigenvalue weighted by atomic mass is 35.5. The van der Waals surface area contributed by atoms with E-state index in [0.29, 0.717) is 53.9 Å². The van der Waals surface area contributed by atoms with Gasteiger partial charge in [0.25, 0.3) is 5.88 Å². The monoisotopic (exact) mass is 678 g/mol. The number of hydrogen-bond donors (Lipinski definition) is 2. The molecular formula is C33H43ClN10O4. The maximum absolute atomic E-state index is 10.6. The number of halogens is 1. The molecule has 14 nitrogen and oxygen atoms in total. The highest BCUT2D eigenvalue weighted by molar-refractivity contribution is 6.32. The van der Waals surface area contributed by atoms with Gasteiger partial charge in [-0.05, 0) is 80.0 Å². The molecule has 3 aromatic heterocycles. The second kappa shape index (κ2) is 14.7. The van der Waals surface area contributed by atoms with E-state index in [2.05, 4.69) is 35.7 Å². The molecule has 0 radical (unpaired) electrons. The number of tetrazole rings is 1. The lowest BCUT2D eigenvalue weighted by atomic mass is 9.78. The molecule has 48 heavy (non-hydrogen) atoms. The predicted octanol–water partition coefficient (Wildman–Crippen LogP) is 4.69. The van der Waals surface area contributed by atoms with Crippen LogP contribution in [0.4, 0.5) is 11.6 Å². The fourth-order valence-corrected chi connectivity index (χ4v) is 6.94. The third-order valence-corrected chi connectivity index (χ3v) is 10.0. The number of aliphatic hydroxyl groups is 1. The van der Waals surface area contributed by atoms with Crippen molar-refractivity contribution < 1.29 is 19.3 Å². The molecule has 0 unspecified atom stereocenters. The van der Waals surface area contributed by atoms with Crippen molar-refractivity contribution in [3.8, 4) is 22.8 Å². The standard InChI is InChI=1S/C33H43ClN10O4/c1-23(20-43-22-37-40-41-43)48-30-17-24(3-8-28(30)34)25-18-35-32(36-19-25)38-29-21-44(39-31(29)47-14-11-33(45)9-2-10-33)27-6-4-26(5-7-27)42-12-15-46-16-13-42/h3,8,17-19,21-23,26-27,45H,2,4-7,9-16,20H2,1H3,(H,35,36,38)/t23-,26-,27-/m0/s1. The molecule has 1 aliphatic heterocycles. The van der Waals surface area contributed by atoms with Crippen molar-refractivity contribution >= 4 is 23.2 Å². The van der Waals surface area contributed by atoms with E-state index in [-0.39, 0.29) is 12.1 Å². The Bertz CT molecular complexity index is 1620. The van der Waals surface area contributed by atoms with Crippen LogP contribution in [0.5, 0.6) is 11.6 Å². The summed E-state index contributed by atoms with van der Waals surface area (Å²) in [5, 5.41) is 30.6. The summed E-state index contributed by atoms with van der Waals surface area (Å²) in [6, 6.07) is 6.48. The maximum Gasteiger partial charge on any atom is 0.256 e. The number of nitrogens with one attached hydrogen (secondary N) is 1. The second-order valence-electron chi connectivity index (χ2n) is 13.1. The van der Waals surface area contributed by atoms with E-state index in [1.54, 1.807) is 29.5 Å². The van der Waals surface area contributed by atoms with Gasteiger partial charge in [-0.2, -0.15) is 0 Å². The van der Waals surface area contributed by atoms with Crippen LogP contribution in [0.3, 0.4) is 0 Å². The van der Waals surface area contributed by atoms with Gasteiger partial charge in [0.15, 0.2) is 0 Å². The van der Waals surface area contributed by atoms with E-state index in [0.717, 1.165) is 82.4 Å². The van der Waals surface area contributed by atoms with Crippen LogP contribution in [0, 0.1) is 0 Å². The van der Waals surface area contributed by atoms with Crippen LogP contribution in [0.2, 0.25) is 5.02 Å². The normalized spacial score (nSPS) is 21.7. The molecule has 1 aromatic carbocycles. The summed E-state index contributed by atoms with van der Waals surface area (Å²) in [7, 11) is 0. The SMILES string of the molecule is C[C@@H](Cn1cnnn1)Oc1cc(-c2cnc(Nc3cn([C@H]4CC[C@H](N5CCOCC5)CC4)nc3OCCC3(O)CCC3)nc2)ccc1Cl. The van der Waals surface area contributed by atoms with Gasteiger partial charge in [-0.25, -0.2) is 14.6 Å². The average Bonchev–Trinajstić information content (AvgIpc) is 3.76. The molecule has 3 aliphatic rings. The van der Waals surface area contributed by atoms with E-state index >= 15 is 0 Å². The molecule has 7 rings (SSSR count). The van der Waals surface area contributed by atoms with E-state index in [9.17, 15) is 5.11 Å². The number of aromatic nitrogens is 8. The summed E-state index contributed by atoms with van der Waals surface area (Å²) >= 11 is 6.46. The Morgan fingerprint density at radius 2 is 1.85 bits per heavy atom. The zero-order chi connectivity index (χ0) is 32.9. The molecule has 2 aliphatic carbocycles.